The van der Waals surface area contributed by atoms with Gasteiger partial charge < -0.3 is 14.8 Å². The summed E-state index contributed by atoms with van der Waals surface area (Å²) in [5.41, 5.74) is 3.42. The summed E-state index contributed by atoms with van der Waals surface area (Å²) < 4.78 is 43.5. The van der Waals surface area contributed by atoms with Crippen molar-refractivity contribution < 1.29 is 32.3 Å². The van der Waals surface area contributed by atoms with Crippen molar-refractivity contribution in [1.29, 1.82) is 0 Å². The predicted octanol–water partition coefficient (Wildman–Crippen LogP) is 5.63. The SMILES string of the molecule is O=C1CCC(N2C(=O)c3ccc(N4CCN(CCC5CCN(c6ncc(-c7ccc8c(c7)[nH]c7ccncc78)cc6C(F)(F)F)CC5)CC4)cc3C2=O)C(=O)N1. The summed E-state index contributed by atoms with van der Waals surface area (Å²) in [4.78, 5) is 69.7. The van der Waals surface area contributed by atoms with E-state index in [9.17, 15) is 32.3 Å². The van der Waals surface area contributed by atoms with Crippen LogP contribution in [0.1, 0.15) is 58.4 Å². The van der Waals surface area contributed by atoms with Crippen LogP contribution >= 0.6 is 0 Å². The van der Waals surface area contributed by atoms with E-state index in [2.05, 4.69) is 30.1 Å². The van der Waals surface area contributed by atoms with Gasteiger partial charge in [0.1, 0.15) is 11.9 Å². The van der Waals surface area contributed by atoms with E-state index in [4.69, 9.17) is 0 Å². The minimum absolute atomic E-state index is 0.0186. The molecule has 4 aliphatic rings. The molecule has 4 aliphatic heterocycles. The quantitative estimate of drug-likeness (QED) is 0.203. The monoisotopic (exact) mass is 764 g/mol. The van der Waals surface area contributed by atoms with Crippen LogP contribution < -0.4 is 15.1 Å². The largest absolute Gasteiger partial charge is 0.419 e. The van der Waals surface area contributed by atoms with Gasteiger partial charge >= 0.3 is 6.18 Å². The molecule has 288 valence electrons. The molecule has 3 saturated heterocycles. The summed E-state index contributed by atoms with van der Waals surface area (Å²) in [5.74, 6) is -1.72. The van der Waals surface area contributed by atoms with Crippen molar-refractivity contribution in [2.24, 2.45) is 5.92 Å². The molecule has 4 amide bonds. The molecular weight excluding hydrogens is 725 g/mol. The number of nitrogens with one attached hydrogen (secondary N) is 2. The molecule has 0 radical (unpaired) electrons. The number of rotatable bonds is 7. The Kier molecular flexibility index (Phi) is 8.98. The third kappa shape index (κ3) is 6.52. The number of piperazine rings is 1. The van der Waals surface area contributed by atoms with E-state index in [-0.39, 0.29) is 29.8 Å². The number of aromatic nitrogens is 3. The molecule has 3 aromatic heterocycles. The lowest BCUT2D eigenvalue weighted by Crippen LogP contribution is -2.54. The lowest BCUT2D eigenvalue weighted by molar-refractivity contribution is -0.138. The Bertz CT molecular complexity index is 2400. The number of fused-ring (bicyclic) bond motifs is 4. The standard InChI is InChI=1S/C41H39F3N8O4/c42-41(43,44)32-19-26(25-1-3-28-31-23-45-11-7-33(31)47-34(28)20-25)22-46-37(32)51-13-9-24(10-14-51)8-12-49-15-17-50(18-16-49)27-2-4-29-30(21-27)40(56)52(39(29)55)35-5-6-36(53)48-38(35)54/h1-4,7,11,19-24,35,47H,5-6,8-10,12-18H2,(H,48,53,54). The summed E-state index contributed by atoms with van der Waals surface area (Å²) in [6.45, 7) is 4.96. The smallest absolute Gasteiger partial charge is 0.369 e. The van der Waals surface area contributed by atoms with E-state index in [1.54, 1.807) is 29.4 Å². The first kappa shape index (κ1) is 35.8. The minimum atomic E-state index is -4.56. The third-order valence-electron chi connectivity index (χ3n) is 11.8. The Balaban J connectivity index is 0.787. The molecule has 2 aromatic carbocycles. The number of carbonyl (C=O) groups is 4. The number of alkyl halides is 3. The molecule has 15 heteroatoms. The van der Waals surface area contributed by atoms with Gasteiger partial charge in [-0.2, -0.15) is 13.2 Å². The summed E-state index contributed by atoms with van der Waals surface area (Å²) in [5, 5.41) is 4.13. The number of hydrogen-bond donors (Lipinski definition) is 2. The molecule has 0 bridgehead atoms. The Morgan fingerprint density at radius 1 is 0.750 bits per heavy atom. The third-order valence-corrected chi connectivity index (χ3v) is 11.8. The Labute approximate surface area is 319 Å². The number of carbonyl (C=O) groups excluding carboxylic acids is 4. The van der Waals surface area contributed by atoms with Crippen molar-refractivity contribution in [3.8, 4) is 11.1 Å². The normalized spacial score (nSPS) is 20.1. The lowest BCUT2D eigenvalue weighted by atomic mass is 9.93. The maximum Gasteiger partial charge on any atom is 0.419 e. The Morgan fingerprint density at radius 3 is 2.30 bits per heavy atom. The van der Waals surface area contributed by atoms with Crippen LogP contribution in [0.25, 0.3) is 32.9 Å². The van der Waals surface area contributed by atoms with Gasteiger partial charge in [0.25, 0.3) is 11.8 Å². The van der Waals surface area contributed by atoms with Crippen molar-refractivity contribution in [1.82, 2.24) is 30.1 Å². The summed E-state index contributed by atoms with van der Waals surface area (Å²) in [6, 6.07) is 12.9. The van der Waals surface area contributed by atoms with Crippen LogP contribution in [-0.4, -0.2) is 100 Å². The van der Waals surface area contributed by atoms with E-state index in [1.807, 2.05) is 30.3 Å². The number of pyridine rings is 2. The van der Waals surface area contributed by atoms with E-state index < -0.39 is 41.4 Å². The second-order valence-electron chi connectivity index (χ2n) is 15.1. The van der Waals surface area contributed by atoms with Crippen LogP contribution in [0.15, 0.2) is 67.1 Å². The molecule has 0 aliphatic carbocycles. The first-order valence-electron chi connectivity index (χ1n) is 19.0. The first-order chi connectivity index (χ1) is 27.0. The van der Waals surface area contributed by atoms with Gasteiger partial charge in [-0.05, 0) is 80.1 Å². The molecular formula is C41H39F3N8O4. The van der Waals surface area contributed by atoms with Crippen molar-refractivity contribution in [2.75, 3.05) is 55.6 Å². The molecule has 1 unspecified atom stereocenters. The van der Waals surface area contributed by atoms with Gasteiger partial charge in [-0.15, -0.1) is 0 Å². The molecule has 0 saturated carbocycles. The van der Waals surface area contributed by atoms with Crippen LogP contribution in [0.5, 0.6) is 0 Å². The number of halogens is 3. The molecule has 7 heterocycles. The Hall–Kier alpha value is -5.83. The molecule has 56 heavy (non-hydrogen) atoms. The van der Waals surface area contributed by atoms with Gasteiger partial charge in [0.05, 0.1) is 16.7 Å². The molecule has 3 fully saturated rings. The topological polar surface area (TPSA) is 135 Å². The number of hydrogen-bond acceptors (Lipinski definition) is 9. The average Bonchev–Trinajstić information content (AvgIpc) is 3.70. The molecule has 0 spiro atoms. The number of anilines is 2. The van der Waals surface area contributed by atoms with E-state index in [0.717, 1.165) is 84.4 Å². The number of piperidine rings is 2. The zero-order valence-corrected chi connectivity index (χ0v) is 30.4. The second kappa shape index (κ2) is 14.0. The van der Waals surface area contributed by atoms with Gasteiger partial charge in [-0.3, -0.25) is 39.3 Å². The summed E-state index contributed by atoms with van der Waals surface area (Å²) >= 11 is 0. The van der Waals surface area contributed by atoms with Gasteiger partial charge in [0.15, 0.2) is 0 Å². The minimum Gasteiger partial charge on any atom is -0.369 e. The van der Waals surface area contributed by atoms with Crippen LogP contribution in [0.4, 0.5) is 24.7 Å². The zero-order valence-electron chi connectivity index (χ0n) is 30.4. The maximum absolute atomic E-state index is 14.5. The van der Waals surface area contributed by atoms with Crippen molar-refractivity contribution >= 4 is 56.9 Å². The molecule has 9 rings (SSSR count). The van der Waals surface area contributed by atoms with Gasteiger partial charge in [-0.1, -0.05) is 12.1 Å². The highest BCUT2D eigenvalue weighted by Crippen LogP contribution is 2.40. The highest BCUT2D eigenvalue weighted by atomic mass is 19.4. The number of nitrogens with zero attached hydrogens (tertiary/aromatic N) is 6. The fourth-order valence-corrected chi connectivity index (χ4v) is 8.69. The average molecular weight is 765 g/mol. The molecule has 12 nitrogen and oxygen atoms in total. The maximum atomic E-state index is 14.5. The van der Waals surface area contributed by atoms with Crippen LogP contribution in [0, 0.1) is 5.92 Å². The number of H-pyrrole nitrogens is 1. The van der Waals surface area contributed by atoms with E-state index in [0.29, 0.717) is 30.1 Å². The fraction of sp³-hybridized carbons (Fsp3) is 0.366. The first-order valence-corrected chi connectivity index (χ1v) is 19.0. The van der Waals surface area contributed by atoms with Crippen molar-refractivity contribution in [3.63, 3.8) is 0 Å². The summed E-state index contributed by atoms with van der Waals surface area (Å²) in [6.07, 6.45) is 3.14. The highest BCUT2D eigenvalue weighted by Gasteiger charge is 2.45. The lowest BCUT2D eigenvalue weighted by Gasteiger charge is -2.38. The fourth-order valence-electron chi connectivity index (χ4n) is 8.69. The number of amides is 4. The predicted molar refractivity (Wildman–Crippen MR) is 203 cm³/mol. The van der Waals surface area contributed by atoms with E-state index in [1.165, 1.54) is 12.3 Å². The molecule has 1 atom stereocenters. The van der Waals surface area contributed by atoms with Gasteiger partial charge in [-0.25, -0.2) is 4.98 Å². The van der Waals surface area contributed by atoms with Crippen LogP contribution in [0.2, 0.25) is 0 Å². The molecule has 2 N–H and O–H groups in total. The zero-order chi connectivity index (χ0) is 38.7. The highest BCUT2D eigenvalue weighted by molar-refractivity contribution is 6.23. The number of aromatic amines is 1. The number of imide groups is 2. The van der Waals surface area contributed by atoms with Crippen molar-refractivity contribution in [2.45, 2.75) is 44.3 Å². The van der Waals surface area contributed by atoms with E-state index >= 15 is 0 Å². The van der Waals surface area contributed by atoms with Gasteiger partial charge in [0.2, 0.25) is 11.8 Å². The molecule has 5 aromatic rings. The van der Waals surface area contributed by atoms with Crippen LogP contribution in [-0.2, 0) is 15.8 Å². The summed E-state index contributed by atoms with van der Waals surface area (Å²) in [7, 11) is 0. The Morgan fingerprint density at radius 2 is 1.54 bits per heavy atom. The second-order valence-corrected chi connectivity index (χ2v) is 15.1. The number of benzene rings is 2. The van der Waals surface area contributed by atoms with Crippen molar-refractivity contribution in [3.05, 3.63) is 83.8 Å². The van der Waals surface area contributed by atoms with Crippen LogP contribution in [0.3, 0.4) is 0 Å². The van der Waals surface area contributed by atoms with Gasteiger partial charge in [0, 0.05) is 97.3 Å².